The molecule has 0 saturated carbocycles. The van der Waals surface area contributed by atoms with Crippen LogP contribution in [0.5, 0.6) is 0 Å². The van der Waals surface area contributed by atoms with Gasteiger partial charge in [0.25, 0.3) is 0 Å². The molecule has 492 valence electrons. The summed E-state index contributed by atoms with van der Waals surface area (Å²) in [7, 11) is 0. The topological polar surface area (TPSA) is 326 Å². The Morgan fingerprint density at radius 2 is 1.07 bits per heavy atom. The van der Waals surface area contributed by atoms with Crippen molar-refractivity contribution in [1.29, 1.82) is 0 Å². The molecular weight excluding hydrogens is 1150 g/mol. The summed E-state index contributed by atoms with van der Waals surface area (Å²) in [4.78, 5) is 145. The van der Waals surface area contributed by atoms with Gasteiger partial charge >= 0.3 is 18.2 Å². The van der Waals surface area contributed by atoms with Crippen molar-refractivity contribution < 1.29 is 67.0 Å². The molecule has 88 heavy (non-hydrogen) atoms. The second-order valence-electron chi connectivity index (χ2n) is 24.6. The third kappa shape index (κ3) is 37.6. The van der Waals surface area contributed by atoms with Gasteiger partial charge in [0.05, 0.1) is 6.54 Å². The summed E-state index contributed by atoms with van der Waals surface area (Å²) in [5.41, 5.74) is 5.72. The lowest BCUT2D eigenvalue weighted by Gasteiger charge is -2.25. The summed E-state index contributed by atoms with van der Waals surface area (Å²) in [5.74, 6) is -6.18. The van der Waals surface area contributed by atoms with Crippen LogP contribution >= 0.6 is 11.8 Å². The van der Waals surface area contributed by atoms with Crippen LogP contribution in [0.15, 0.2) is 54.6 Å². The van der Waals surface area contributed by atoms with Crippen molar-refractivity contribution >= 4 is 76.3 Å². The number of rotatable bonds is 43. The smallest absolute Gasteiger partial charge is 0.408 e. The number of hydrogen-bond acceptors (Lipinski definition) is 15. The van der Waals surface area contributed by atoms with Crippen LogP contribution in [0, 0.1) is 5.92 Å². The monoisotopic (exact) mass is 1250 g/mol. The molecular formula is C65H102N8O14S. The number of thioether (sulfide) groups is 1. The average Bonchev–Trinajstić information content (AvgIpc) is 3.57. The molecule has 0 aliphatic rings. The van der Waals surface area contributed by atoms with Gasteiger partial charge in [-0.3, -0.25) is 43.2 Å². The molecule has 0 bridgehead atoms. The van der Waals surface area contributed by atoms with Gasteiger partial charge in [0.15, 0.2) is 10.9 Å². The quantitative estimate of drug-likeness (QED) is 0.0134. The molecule has 0 spiro atoms. The highest BCUT2D eigenvalue weighted by Crippen LogP contribution is 2.18. The largest absolute Gasteiger partial charge is 0.459 e. The molecule has 8 amide bonds. The van der Waals surface area contributed by atoms with Gasteiger partial charge in [0.2, 0.25) is 35.4 Å². The Hall–Kier alpha value is -7.04. The molecule has 2 aromatic carbocycles. The van der Waals surface area contributed by atoms with E-state index in [1.54, 1.807) is 65.8 Å². The van der Waals surface area contributed by atoms with Crippen molar-refractivity contribution in [3.05, 3.63) is 71.3 Å². The third-order valence-electron chi connectivity index (χ3n) is 13.5. The Kier molecular flexibility index (Phi) is 37.5. The second-order valence-corrected chi connectivity index (χ2v) is 25.6. The standard InChI is InChI=1S/C65H102N8O14S/c1-10-11-12-13-14-15-16-17-18-19-20-21-25-31-57(78)88-44-52(72-61(82)51(39-45(2)3)73-63(84)85-43-47-32-34-48(35-33-47)53(74)40-46-28-23-22-24-29-46)59(80)68-41-55(76)70-49(30-26-27-38-67-62(83)87-65(7,8)9)60(81)71-50(36-37-54(66)75)58(79)69-42-56(77)86-64(4,5)6/h22-24,28-29,32-35,45,49-52H,10-21,25-27,30-31,36-44H2,1-9H3,(H2,66,75)(H,67,83)(H,68,80)(H,69,79)(H,70,76)(H,71,81)(H,72,82)(H,73,84)/t49-,50-,51-,52-/m0/s1. The first-order chi connectivity index (χ1) is 41.6. The highest BCUT2D eigenvalue weighted by atomic mass is 32.2. The van der Waals surface area contributed by atoms with Crippen molar-refractivity contribution in [3.8, 4) is 0 Å². The molecule has 4 atom stereocenters. The number of carbonyl (C=O) groups is 11. The van der Waals surface area contributed by atoms with Crippen molar-refractivity contribution in [2.75, 3.05) is 25.4 Å². The second kappa shape index (κ2) is 42.8. The van der Waals surface area contributed by atoms with E-state index in [9.17, 15) is 52.7 Å². The van der Waals surface area contributed by atoms with Gasteiger partial charge in [0.1, 0.15) is 48.5 Å². The molecule has 0 unspecified atom stereocenters. The van der Waals surface area contributed by atoms with Gasteiger partial charge in [-0.15, -0.1) is 0 Å². The molecule has 0 saturated heterocycles. The molecule has 0 aliphatic carbocycles. The van der Waals surface area contributed by atoms with E-state index < -0.39 is 102 Å². The van der Waals surface area contributed by atoms with Gasteiger partial charge in [-0.2, -0.15) is 0 Å². The van der Waals surface area contributed by atoms with Gasteiger partial charge in [0, 0.05) is 37.1 Å². The molecule has 0 radical (unpaired) electrons. The highest BCUT2D eigenvalue weighted by Gasteiger charge is 2.31. The maximum atomic E-state index is 14.1. The van der Waals surface area contributed by atoms with Crippen LogP contribution in [0.1, 0.15) is 212 Å². The lowest BCUT2D eigenvalue weighted by Crippen LogP contribution is -2.57. The van der Waals surface area contributed by atoms with Crippen molar-refractivity contribution in [2.24, 2.45) is 11.7 Å². The molecule has 22 nitrogen and oxygen atoms in total. The van der Waals surface area contributed by atoms with Gasteiger partial charge in [-0.1, -0.05) is 164 Å². The van der Waals surface area contributed by atoms with E-state index in [1.807, 2.05) is 44.2 Å². The highest BCUT2D eigenvalue weighted by molar-refractivity contribution is 8.13. The number of amides is 8. The third-order valence-corrected chi connectivity index (χ3v) is 14.5. The van der Waals surface area contributed by atoms with E-state index in [0.717, 1.165) is 43.0 Å². The van der Waals surface area contributed by atoms with Crippen molar-refractivity contribution in [3.63, 3.8) is 0 Å². The Morgan fingerprint density at radius 1 is 0.523 bits per heavy atom. The number of carbonyl (C=O) groups excluding carboxylic acids is 11. The average molecular weight is 1250 g/mol. The number of benzene rings is 2. The number of hydrogen-bond donors (Lipinski definition) is 8. The molecule has 2 rings (SSSR count). The number of Topliss-reactive ketones (excluding diaryl/α,β-unsaturated/α-hetero) is 1. The number of alkyl carbamates (subject to hydrolysis) is 2. The Labute approximate surface area is 525 Å². The number of ether oxygens (including phenoxy) is 3. The van der Waals surface area contributed by atoms with Crippen molar-refractivity contribution in [2.45, 2.75) is 239 Å². The maximum absolute atomic E-state index is 14.1. The van der Waals surface area contributed by atoms with Crippen molar-refractivity contribution in [1.82, 2.24) is 37.2 Å². The van der Waals surface area contributed by atoms with Crippen LogP contribution < -0.4 is 43.0 Å². The normalized spacial score (nSPS) is 12.7. The van der Waals surface area contributed by atoms with Gasteiger partial charge < -0.3 is 57.2 Å². The summed E-state index contributed by atoms with van der Waals surface area (Å²) in [5, 5.41) is 17.7. The fourth-order valence-electron chi connectivity index (χ4n) is 8.97. The number of ketones is 1. The fourth-order valence-corrected chi connectivity index (χ4v) is 9.84. The number of nitrogens with two attached hydrogens (primary N) is 1. The molecule has 0 fully saturated rings. The summed E-state index contributed by atoms with van der Waals surface area (Å²) < 4.78 is 16.0. The molecule has 0 aliphatic heterocycles. The zero-order chi connectivity index (χ0) is 65.5. The van der Waals surface area contributed by atoms with Crippen LogP contribution in [0.25, 0.3) is 0 Å². The minimum Gasteiger partial charge on any atom is -0.459 e. The summed E-state index contributed by atoms with van der Waals surface area (Å²) in [6.45, 7) is 14.6. The van der Waals surface area contributed by atoms with Gasteiger partial charge in [-0.05, 0) is 97.1 Å². The van der Waals surface area contributed by atoms with Crippen LogP contribution in [0.4, 0.5) is 9.59 Å². The minimum absolute atomic E-state index is 0.0462. The first kappa shape index (κ1) is 77.1. The zero-order valence-electron chi connectivity index (χ0n) is 53.7. The van der Waals surface area contributed by atoms with Crippen LogP contribution in [0.3, 0.4) is 0 Å². The number of primary amides is 1. The first-order valence-corrected chi connectivity index (χ1v) is 32.3. The number of unbranched alkanes of at least 4 members (excludes halogenated alkanes) is 13. The zero-order valence-corrected chi connectivity index (χ0v) is 54.5. The van der Waals surface area contributed by atoms with Gasteiger partial charge in [-0.25, -0.2) is 9.59 Å². The van der Waals surface area contributed by atoms with Crippen LogP contribution in [-0.4, -0.2) is 125 Å². The minimum atomic E-state index is -1.40. The van der Waals surface area contributed by atoms with Crippen LogP contribution in [-0.2, 0) is 65.6 Å². The number of nitrogens with one attached hydrogen (secondary N) is 7. The SMILES string of the molecule is CCCCCCCCCCCCCCCC(=O)SC[C@H](NC(=O)[C@H](CC(C)C)NC(=O)OCc1ccc(C(=O)Cc2ccccc2)cc1)C(=O)NCC(=O)N[C@@H](CCCCNC(=O)OC(C)(C)C)C(=O)N[C@@H](CCC(N)=O)C(=O)NCC(=O)OC(C)(C)C. The molecule has 2 aromatic rings. The molecule has 23 heteroatoms. The Balaban J connectivity index is 2.26. The molecule has 9 N–H and O–H groups in total. The van der Waals surface area contributed by atoms with E-state index in [4.69, 9.17) is 19.9 Å². The first-order valence-electron chi connectivity index (χ1n) is 31.3. The van der Waals surface area contributed by atoms with E-state index in [0.29, 0.717) is 24.0 Å². The predicted octanol–water partition coefficient (Wildman–Crippen LogP) is 8.48. The fraction of sp³-hybridized carbons (Fsp3) is 0.646. The Bertz CT molecular complexity index is 2500. The lowest BCUT2D eigenvalue weighted by molar-refractivity contribution is -0.154. The van der Waals surface area contributed by atoms with Crippen LogP contribution in [0.2, 0.25) is 0 Å². The summed E-state index contributed by atoms with van der Waals surface area (Å²) >= 11 is 0.852. The van der Waals surface area contributed by atoms with E-state index in [-0.39, 0.29) is 80.7 Å². The van der Waals surface area contributed by atoms with E-state index in [1.165, 1.54) is 51.4 Å². The van der Waals surface area contributed by atoms with E-state index in [2.05, 4.69) is 44.1 Å². The summed E-state index contributed by atoms with van der Waals surface area (Å²) in [6, 6.07) is 10.6. The summed E-state index contributed by atoms with van der Waals surface area (Å²) in [6.07, 6.45) is 13.7. The molecule has 0 aromatic heterocycles. The lowest BCUT2D eigenvalue weighted by atomic mass is 10.0. The maximum Gasteiger partial charge on any atom is 0.408 e. The number of esters is 1. The Morgan fingerprint density at radius 3 is 1.65 bits per heavy atom. The predicted molar refractivity (Wildman–Crippen MR) is 339 cm³/mol. The van der Waals surface area contributed by atoms with E-state index >= 15 is 0 Å². The molecule has 0 heterocycles.